The number of rotatable bonds is 3. The summed E-state index contributed by atoms with van der Waals surface area (Å²) in [6.07, 6.45) is -3.63. The summed E-state index contributed by atoms with van der Waals surface area (Å²) >= 11 is 0. The molecule has 0 radical (unpaired) electrons. The fourth-order valence-corrected chi connectivity index (χ4v) is 2.16. The van der Waals surface area contributed by atoms with E-state index in [2.05, 4.69) is 9.99 Å². The van der Waals surface area contributed by atoms with Crippen LogP contribution in [-0.2, 0) is 16.4 Å². The number of nitrogens with zero attached hydrogens (tertiary/aromatic N) is 1. The van der Waals surface area contributed by atoms with E-state index < -0.39 is 17.7 Å². The van der Waals surface area contributed by atoms with Crippen molar-refractivity contribution in [1.29, 1.82) is 0 Å². The first-order valence-corrected chi connectivity index (χ1v) is 7.60. The Morgan fingerprint density at radius 3 is 2.16 bits per heavy atom. The summed E-state index contributed by atoms with van der Waals surface area (Å²) in [7, 11) is 0. The van der Waals surface area contributed by atoms with E-state index in [0.717, 1.165) is 17.8 Å². The number of carbonyl (C=O) groups is 1. The molecule has 132 valence electrons. The second-order valence-corrected chi connectivity index (χ2v) is 6.53. The van der Waals surface area contributed by atoms with Crippen LogP contribution in [0.5, 0.6) is 0 Å². The minimum atomic E-state index is -4.50. The monoisotopic (exact) mass is 349 g/mol. The molecule has 0 unspecified atom stereocenters. The summed E-state index contributed by atoms with van der Waals surface area (Å²) in [6, 6.07) is 11.7. The van der Waals surface area contributed by atoms with E-state index in [1.54, 1.807) is 24.3 Å². The van der Waals surface area contributed by atoms with Crippen molar-refractivity contribution < 1.29 is 22.8 Å². The maximum Gasteiger partial charge on any atom is 0.417 e. The van der Waals surface area contributed by atoms with Gasteiger partial charge in [-0.25, -0.2) is 4.79 Å². The summed E-state index contributed by atoms with van der Waals surface area (Å²) in [5, 5.41) is 3.39. The Labute approximate surface area is 144 Å². The fraction of sp³-hybridized carbons (Fsp3) is 0.263. The molecule has 0 heterocycles. The molecule has 25 heavy (non-hydrogen) atoms. The number of carbonyl (C=O) groups excluding carboxylic acids is 1. The van der Waals surface area contributed by atoms with E-state index in [1.807, 2.05) is 20.8 Å². The number of hydrogen-bond acceptors (Lipinski definition) is 3. The van der Waals surface area contributed by atoms with Gasteiger partial charge in [0.1, 0.15) is 0 Å². The Morgan fingerprint density at radius 2 is 1.60 bits per heavy atom. The molecule has 3 nitrogen and oxygen atoms in total. The van der Waals surface area contributed by atoms with Crippen molar-refractivity contribution in [1.82, 2.24) is 0 Å². The molecule has 2 aromatic rings. The minimum absolute atomic E-state index is 0.0537. The third-order valence-corrected chi connectivity index (χ3v) is 3.58. The van der Waals surface area contributed by atoms with Crippen molar-refractivity contribution in [3.8, 4) is 0 Å². The van der Waals surface area contributed by atoms with Crippen LogP contribution >= 0.6 is 0 Å². The summed E-state index contributed by atoms with van der Waals surface area (Å²) in [5.41, 5.74) is 0.248. The molecule has 0 N–H and O–H groups in total. The molecule has 0 fully saturated rings. The van der Waals surface area contributed by atoms with Gasteiger partial charge >= 0.3 is 12.1 Å². The van der Waals surface area contributed by atoms with Crippen LogP contribution in [0.1, 0.15) is 47.8 Å². The van der Waals surface area contributed by atoms with Gasteiger partial charge in [0.25, 0.3) is 0 Å². The quantitative estimate of drug-likeness (QED) is 0.434. The van der Waals surface area contributed by atoms with Crippen LogP contribution in [-0.4, -0.2) is 12.2 Å². The normalized spacial score (nSPS) is 12.4. The average molecular weight is 349 g/mol. The van der Waals surface area contributed by atoms with Gasteiger partial charge in [-0.15, -0.1) is 0 Å². The van der Waals surface area contributed by atoms with Crippen LogP contribution in [0.2, 0.25) is 0 Å². The predicted octanol–water partition coefficient (Wildman–Crippen LogP) is 5.19. The smallest absolute Gasteiger partial charge is 0.313 e. The Hall–Kier alpha value is -2.63. The molecule has 0 spiro atoms. The molecule has 0 amide bonds. The predicted molar refractivity (Wildman–Crippen MR) is 89.6 cm³/mol. The maximum absolute atomic E-state index is 12.9. The lowest BCUT2D eigenvalue weighted by Crippen LogP contribution is -2.11. The van der Waals surface area contributed by atoms with Crippen LogP contribution in [0.25, 0.3) is 0 Å². The molecular weight excluding hydrogens is 331 g/mol. The lowest BCUT2D eigenvalue weighted by molar-refractivity contribution is -0.137. The summed E-state index contributed by atoms with van der Waals surface area (Å²) < 4.78 is 38.6. The number of oxime groups is 1. The minimum Gasteiger partial charge on any atom is -0.313 e. The second kappa shape index (κ2) is 7.09. The van der Waals surface area contributed by atoms with E-state index in [0.29, 0.717) is 0 Å². The molecule has 0 atom stereocenters. The fourth-order valence-electron chi connectivity index (χ4n) is 2.16. The molecule has 2 aromatic carbocycles. The van der Waals surface area contributed by atoms with Crippen LogP contribution in [0, 0.1) is 0 Å². The highest BCUT2D eigenvalue weighted by molar-refractivity contribution is 5.90. The summed E-state index contributed by atoms with van der Waals surface area (Å²) in [6.45, 7) is 6.13. The highest BCUT2D eigenvalue weighted by Gasteiger charge is 2.32. The van der Waals surface area contributed by atoms with Gasteiger partial charge in [-0.2, -0.15) is 13.2 Å². The molecule has 0 aliphatic carbocycles. The van der Waals surface area contributed by atoms with Crippen LogP contribution in [0.15, 0.2) is 53.7 Å². The molecule has 0 saturated carbocycles. The molecular formula is C19H18F3NO2. The Balaban J connectivity index is 2.09. The molecule has 0 bridgehead atoms. The lowest BCUT2D eigenvalue weighted by Gasteiger charge is -2.18. The largest absolute Gasteiger partial charge is 0.417 e. The van der Waals surface area contributed by atoms with Crippen LogP contribution in [0.3, 0.4) is 0 Å². The third kappa shape index (κ3) is 4.92. The molecule has 0 aromatic heterocycles. The van der Waals surface area contributed by atoms with E-state index in [1.165, 1.54) is 18.2 Å². The SMILES string of the molecule is CC(C)(C)c1ccc(C(=O)O/N=C/c2ccccc2C(F)(F)F)cc1. The third-order valence-electron chi connectivity index (χ3n) is 3.58. The van der Waals surface area contributed by atoms with Gasteiger partial charge < -0.3 is 4.84 Å². The molecule has 0 aliphatic heterocycles. The highest BCUT2D eigenvalue weighted by Crippen LogP contribution is 2.31. The first kappa shape index (κ1) is 18.7. The van der Waals surface area contributed by atoms with Crippen molar-refractivity contribution in [2.24, 2.45) is 5.16 Å². The Bertz CT molecular complexity index is 772. The van der Waals surface area contributed by atoms with Gasteiger partial charge in [0, 0.05) is 5.56 Å². The molecule has 6 heteroatoms. The average Bonchev–Trinajstić information content (AvgIpc) is 2.53. The first-order valence-electron chi connectivity index (χ1n) is 7.60. The number of hydrogen-bond donors (Lipinski definition) is 0. The second-order valence-electron chi connectivity index (χ2n) is 6.53. The zero-order valence-electron chi connectivity index (χ0n) is 14.1. The topological polar surface area (TPSA) is 38.7 Å². The van der Waals surface area contributed by atoms with Gasteiger partial charge in [-0.3, -0.25) is 0 Å². The van der Waals surface area contributed by atoms with E-state index in [9.17, 15) is 18.0 Å². The van der Waals surface area contributed by atoms with E-state index in [-0.39, 0.29) is 16.5 Å². The van der Waals surface area contributed by atoms with Gasteiger partial charge in [-0.1, -0.05) is 56.3 Å². The summed E-state index contributed by atoms with van der Waals surface area (Å²) in [5.74, 6) is -0.735. The Morgan fingerprint density at radius 1 is 1.00 bits per heavy atom. The first-order chi connectivity index (χ1) is 11.6. The van der Waals surface area contributed by atoms with Crippen molar-refractivity contribution in [2.75, 3.05) is 0 Å². The molecule has 0 aliphatic rings. The van der Waals surface area contributed by atoms with Crippen molar-refractivity contribution in [2.45, 2.75) is 32.4 Å². The summed E-state index contributed by atoms with van der Waals surface area (Å²) in [4.78, 5) is 16.6. The van der Waals surface area contributed by atoms with E-state index in [4.69, 9.17) is 0 Å². The number of alkyl halides is 3. The van der Waals surface area contributed by atoms with Crippen molar-refractivity contribution >= 4 is 12.2 Å². The van der Waals surface area contributed by atoms with Crippen LogP contribution < -0.4 is 0 Å². The Kier molecular flexibility index (Phi) is 5.30. The zero-order valence-corrected chi connectivity index (χ0v) is 14.1. The van der Waals surface area contributed by atoms with Crippen molar-refractivity contribution in [3.63, 3.8) is 0 Å². The van der Waals surface area contributed by atoms with Gasteiger partial charge in [-0.05, 0) is 29.2 Å². The molecule has 0 saturated heterocycles. The molecule has 2 rings (SSSR count). The zero-order chi connectivity index (χ0) is 18.7. The maximum atomic E-state index is 12.9. The van der Waals surface area contributed by atoms with Crippen LogP contribution in [0.4, 0.5) is 13.2 Å². The highest BCUT2D eigenvalue weighted by atomic mass is 19.4. The van der Waals surface area contributed by atoms with Gasteiger partial charge in [0.15, 0.2) is 0 Å². The number of halogens is 3. The number of benzene rings is 2. The van der Waals surface area contributed by atoms with Crippen molar-refractivity contribution in [3.05, 3.63) is 70.8 Å². The van der Waals surface area contributed by atoms with Gasteiger partial charge in [0.2, 0.25) is 0 Å². The van der Waals surface area contributed by atoms with Gasteiger partial charge in [0.05, 0.1) is 17.3 Å². The standard InChI is InChI=1S/C19H18F3NO2/c1-18(2,3)15-10-8-13(9-11-15)17(24)25-23-12-14-6-4-5-7-16(14)19(20,21)22/h4-12H,1-3H3/b23-12+. The van der Waals surface area contributed by atoms with E-state index >= 15 is 0 Å². The lowest BCUT2D eigenvalue weighted by atomic mass is 9.87.